The summed E-state index contributed by atoms with van der Waals surface area (Å²) in [5.74, 6) is 0.815. The quantitative estimate of drug-likeness (QED) is 0.894. The van der Waals surface area contributed by atoms with Gasteiger partial charge in [0, 0.05) is 12.6 Å². The molecule has 1 saturated heterocycles. The Labute approximate surface area is 107 Å². The van der Waals surface area contributed by atoms with Crippen molar-refractivity contribution in [3.05, 3.63) is 17.4 Å². The van der Waals surface area contributed by atoms with Crippen LogP contribution in [0.3, 0.4) is 0 Å². The summed E-state index contributed by atoms with van der Waals surface area (Å²) in [6, 6.07) is 0.553. The second-order valence-electron chi connectivity index (χ2n) is 4.44. The summed E-state index contributed by atoms with van der Waals surface area (Å²) in [5.41, 5.74) is 0. The van der Waals surface area contributed by atoms with Crippen LogP contribution in [0.5, 0.6) is 0 Å². The van der Waals surface area contributed by atoms with Crippen LogP contribution >= 0.6 is 11.6 Å². The molecule has 1 aliphatic rings. The molecule has 0 aliphatic carbocycles. The molecule has 1 aromatic rings. The van der Waals surface area contributed by atoms with E-state index in [1.54, 1.807) is 12.4 Å². The lowest BCUT2D eigenvalue weighted by Gasteiger charge is -2.35. The lowest BCUT2D eigenvalue weighted by Crippen LogP contribution is -2.42. The Hall–Kier alpha value is -0.870. The maximum atomic E-state index is 5.82. The molecule has 0 aromatic carbocycles. The number of hydrogen-bond donors (Lipinski definition) is 1. The highest BCUT2D eigenvalue weighted by Crippen LogP contribution is 2.23. The maximum Gasteiger partial charge on any atom is 0.225 e. The van der Waals surface area contributed by atoms with Crippen LogP contribution in [0.4, 0.5) is 5.95 Å². The van der Waals surface area contributed by atoms with E-state index in [-0.39, 0.29) is 0 Å². The summed E-state index contributed by atoms with van der Waals surface area (Å²) in [5, 5.41) is 3.80. The highest BCUT2D eigenvalue weighted by atomic mass is 35.5. The SMILES string of the molecule is CNCCC1CCCCN1c1ncc(Cl)cn1. The van der Waals surface area contributed by atoms with E-state index in [2.05, 4.69) is 20.2 Å². The van der Waals surface area contributed by atoms with Gasteiger partial charge in [-0.3, -0.25) is 0 Å². The molecule has 1 unspecified atom stereocenters. The summed E-state index contributed by atoms with van der Waals surface area (Å²) >= 11 is 5.82. The first-order valence-corrected chi connectivity index (χ1v) is 6.58. The Balaban J connectivity index is 2.07. The number of nitrogens with zero attached hydrogens (tertiary/aromatic N) is 3. The lowest BCUT2D eigenvalue weighted by atomic mass is 10.00. The van der Waals surface area contributed by atoms with Crippen LogP contribution in [0.15, 0.2) is 12.4 Å². The van der Waals surface area contributed by atoms with Crippen molar-refractivity contribution in [3.8, 4) is 0 Å². The van der Waals surface area contributed by atoms with E-state index in [1.165, 1.54) is 19.3 Å². The van der Waals surface area contributed by atoms with Gasteiger partial charge in [-0.2, -0.15) is 0 Å². The molecule has 1 N–H and O–H groups in total. The molecule has 0 amide bonds. The minimum atomic E-state index is 0.553. The highest BCUT2D eigenvalue weighted by Gasteiger charge is 2.23. The third kappa shape index (κ3) is 3.30. The summed E-state index contributed by atoms with van der Waals surface area (Å²) in [7, 11) is 1.99. The van der Waals surface area contributed by atoms with Crippen molar-refractivity contribution in [3.63, 3.8) is 0 Å². The fourth-order valence-corrected chi connectivity index (χ4v) is 2.43. The monoisotopic (exact) mass is 254 g/mol. The summed E-state index contributed by atoms with van der Waals surface area (Å²) in [6.07, 6.45) is 8.25. The minimum Gasteiger partial charge on any atom is -0.338 e. The van der Waals surface area contributed by atoms with E-state index in [0.29, 0.717) is 11.1 Å². The molecule has 94 valence electrons. The average Bonchev–Trinajstić information content (AvgIpc) is 2.38. The Morgan fingerprint density at radius 2 is 2.18 bits per heavy atom. The Bertz CT molecular complexity index is 341. The minimum absolute atomic E-state index is 0.553. The molecule has 0 bridgehead atoms. The molecule has 1 atom stereocenters. The van der Waals surface area contributed by atoms with Gasteiger partial charge in [0.1, 0.15) is 0 Å². The zero-order valence-electron chi connectivity index (χ0n) is 10.2. The van der Waals surface area contributed by atoms with E-state index < -0.39 is 0 Å². The van der Waals surface area contributed by atoms with Crippen molar-refractivity contribution in [2.45, 2.75) is 31.7 Å². The first-order chi connectivity index (χ1) is 8.31. The maximum absolute atomic E-state index is 5.82. The second-order valence-corrected chi connectivity index (χ2v) is 4.87. The number of halogens is 1. The van der Waals surface area contributed by atoms with Crippen molar-refractivity contribution in [1.29, 1.82) is 0 Å². The van der Waals surface area contributed by atoms with Gasteiger partial charge >= 0.3 is 0 Å². The average molecular weight is 255 g/mol. The normalized spacial score (nSPS) is 20.6. The summed E-state index contributed by atoms with van der Waals surface area (Å²) in [4.78, 5) is 11.0. The predicted octanol–water partition coefficient (Wildman–Crippen LogP) is 2.10. The van der Waals surface area contributed by atoms with Crippen LogP contribution in [0.25, 0.3) is 0 Å². The zero-order chi connectivity index (χ0) is 12.1. The smallest absolute Gasteiger partial charge is 0.225 e. The fourth-order valence-electron chi connectivity index (χ4n) is 2.33. The Kier molecular flexibility index (Phi) is 4.57. The van der Waals surface area contributed by atoms with Crippen molar-refractivity contribution in [1.82, 2.24) is 15.3 Å². The van der Waals surface area contributed by atoms with E-state index in [0.717, 1.165) is 25.5 Å². The van der Waals surface area contributed by atoms with Gasteiger partial charge in [0.2, 0.25) is 5.95 Å². The zero-order valence-corrected chi connectivity index (χ0v) is 11.0. The molecule has 0 spiro atoms. The van der Waals surface area contributed by atoms with Crippen LogP contribution in [0.1, 0.15) is 25.7 Å². The third-order valence-corrected chi connectivity index (χ3v) is 3.41. The van der Waals surface area contributed by atoms with E-state index >= 15 is 0 Å². The van der Waals surface area contributed by atoms with Crippen LogP contribution in [-0.2, 0) is 0 Å². The van der Waals surface area contributed by atoms with Gasteiger partial charge in [0.05, 0.1) is 17.4 Å². The molecule has 1 aromatic heterocycles. The molecular formula is C12H19ClN4. The van der Waals surface area contributed by atoms with Gasteiger partial charge in [0.25, 0.3) is 0 Å². The Morgan fingerprint density at radius 3 is 2.88 bits per heavy atom. The van der Waals surface area contributed by atoms with Crippen molar-refractivity contribution in [2.24, 2.45) is 0 Å². The lowest BCUT2D eigenvalue weighted by molar-refractivity contribution is 0.427. The van der Waals surface area contributed by atoms with E-state index in [1.807, 2.05) is 7.05 Å². The van der Waals surface area contributed by atoms with Crippen molar-refractivity contribution in [2.75, 3.05) is 25.0 Å². The molecular weight excluding hydrogens is 236 g/mol. The third-order valence-electron chi connectivity index (χ3n) is 3.22. The molecule has 5 heteroatoms. The van der Waals surface area contributed by atoms with Crippen LogP contribution in [0.2, 0.25) is 5.02 Å². The number of nitrogens with one attached hydrogen (secondary N) is 1. The number of piperidine rings is 1. The fraction of sp³-hybridized carbons (Fsp3) is 0.667. The second kappa shape index (κ2) is 6.17. The molecule has 4 nitrogen and oxygen atoms in total. The van der Waals surface area contributed by atoms with E-state index in [4.69, 9.17) is 11.6 Å². The van der Waals surface area contributed by atoms with Gasteiger partial charge in [-0.1, -0.05) is 11.6 Å². The molecule has 2 heterocycles. The summed E-state index contributed by atoms with van der Waals surface area (Å²) in [6.45, 7) is 2.09. The number of rotatable bonds is 4. The van der Waals surface area contributed by atoms with Crippen molar-refractivity contribution >= 4 is 17.5 Å². The molecule has 1 aliphatic heterocycles. The summed E-state index contributed by atoms with van der Waals surface area (Å²) < 4.78 is 0. The van der Waals surface area contributed by atoms with Crippen LogP contribution in [0, 0.1) is 0 Å². The van der Waals surface area contributed by atoms with Gasteiger partial charge < -0.3 is 10.2 Å². The van der Waals surface area contributed by atoms with Crippen LogP contribution in [-0.4, -0.2) is 36.1 Å². The van der Waals surface area contributed by atoms with Gasteiger partial charge in [-0.15, -0.1) is 0 Å². The largest absolute Gasteiger partial charge is 0.338 e. The van der Waals surface area contributed by atoms with Crippen LogP contribution < -0.4 is 10.2 Å². The number of hydrogen-bond acceptors (Lipinski definition) is 4. The predicted molar refractivity (Wildman–Crippen MR) is 70.6 cm³/mol. The Morgan fingerprint density at radius 1 is 1.41 bits per heavy atom. The first-order valence-electron chi connectivity index (χ1n) is 6.20. The van der Waals surface area contributed by atoms with E-state index in [9.17, 15) is 0 Å². The molecule has 2 rings (SSSR count). The van der Waals surface area contributed by atoms with Gasteiger partial charge in [0.15, 0.2) is 0 Å². The number of anilines is 1. The molecule has 1 fully saturated rings. The van der Waals surface area contributed by atoms with Gasteiger partial charge in [-0.25, -0.2) is 9.97 Å². The van der Waals surface area contributed by atoms with Gasteiger partial charge in [-0.05, 0) is 39.3 Å². The topological polar surface area (TPSA) is 41.0 Å². The first kappa shape index (κ1) is 12.6. The molecule has 0 saturated carbocycles. The molecule has 0 radical (unpaired) electrons. The van der Waals surface area contributed by atoms with Crippen molar-refractivity contribution < 1.29 is 0 Å². The highest BCUT2D eigenvalue weighted by molar-refractivity contribution is 6.30. The standard InChI is InChI=1S/C12H19ClN4/c1-14-6-5-11-4-2-3-7-17(11)12-15-8-10(13)9-16-12/h8-9,11,14H,2-7H2,1H3. The number of aromatic nitrogens is 2. The molecule has 17 heavy (non-hydrogen) atoms.